The van der Waals surface area contributed by atoms with Crippen LogP contribution in [0.5, 0.6) is 0 Å². The van der Waals surface area contributed by atoms with Crippen molar-refractivity contribution < 1.29 is 9.59 Å². The number of carbonyl (C=O) groups excluding carboxylic acids is 2. The van der Waals surface area contributed by atoms with Crippen molar-refractivity contribution in [2.75, 3.05) is 13.6 Å². The van der Waals surface area contributed by atoms with Gasteiger partial charge in [0.05, 0.1) is 6.17 Å². The van der Waals surface area contributed by atoms with Crippen LogP contribution in [0.1, 0.15) is 40.5 Å². The summed E-state index contributed by atoms with van der Waals surface area (Å²) in [5.74, 6) is 0.0452. The molecule has 0 radical (unpaired) electrons. The van der Waals surface area contributed by atoms with Gasteiger partial charge in [-0.25, -0.2) is 0 Å². The molecule has 0 saturated carbocycles. The van der Waals surface area contributed by atoms with E-state index in [1.54, 1.807) is 4.90 Å². The summed E-state index contributed by atoms with van der Waals surface area (Å²) in [6, 6.07) is 0.138. The molecule has 1 aliphatic rings. The van der Waals surface area contributed by atoms with Gasteiger partial charge in [0, 0.05) is 12.6 Å². The highest BCUT2D eigenvalue weighted by Crippen LogP contribution is 2.15. The lowest BCUT2D eigenvalue weighted by atomic mass is 10.1. The van der Waals surface area contributed by atoms with E-state index in [-0.39, 0.29) is 18.0 Å². The number of rotatable bonds is 6. The molecule has 0 aromatic heterocycles. The van der Waals surface area contributed by atoms with Crippen molar-refractivity contribution in [2.24, 2.45) is 0 Å². The van der Waals surface area contributed by atoms with Crippen molar-refractivity contribution in [2.45, 2.75) is 58.8 Å². The Morgan fingerprint density at radius 3 is 2.61 bits per heavy atom. The zero-order valence-electron chi connectivity index (χ0n) is 12.2. The number of carbonyl (C=O) groups is 2. The van der Waals surface area contributed by atoms with Crippen molar-refractivity contribution in [3.05, 3.63) is 0 Å². The molecular weight excluding hydrogens is 230 g/mol. The Kier molecular flexibility index (Phi) is 8.58. The second kappa shape index (κ2) is 9.05. The Bertz CT molecular complexity index is 259. The summed E-state index contributed by atoms with van der Waals surface area (Å²) < 4.78 is 0. The third kappa shape index (κ3) is 4.74. The van der Waals surface area contributed by atoms with Gasteiger partial charge in [-0.15, -0.1) is 0 Å². The van der Waals surface area contributed by atoms with Gasteiger partial charge in [-0.1, -0.05) is 13.8 Å². The fourth-order valence-electron chi connectivity index (χ4n) is 1.98. The summed E-state index contributed by atoms with van der Waals surface area (Å²) >= 11 is 0. The van der Waals surface area contributed by atoms with Crippen molar-refractivity contribution in [3.8, 4) is 0 Å². The first kappa shape index (κ1) is 17.1. The maximum Gasteiger partial charge on any atom is 0.211 e. The fraction of sp³-hybridized carbons (Fsp3) is 0.846. The summed E-state index contributed by atoms with van der Waals surface area (Å²) in [5, 5.41) is 6.37. The minimum absolute atomic E-state index is 0.00204. The van der Waals surface area contributed by atoms with E-state index in [2.05, 4.69) is 17.6 Å². The third-order valence-corrected chi connectivity index (χ3v) is 3.22. The molecule has 18 heavy (non-hydrogen) atoms. The number of hydrogen-bond donors (Lipinski definition) is 2. The van der Waals surface area contributed by atoms with Gasteiger partial charge in [-0.2, -0.15) is 0 Å². The molecule has 0 aromatic rings. The van der Waals surface area contributed by atoms with Crippen LogP contribution in [-0.2, 0) is 9.59 Å². The van der Waals surface area contributed by atoms with E-state index in [0.717, 1.165) is 19.3 Å². The van der Waals surface area contributed by atoms with Gasteiger partial charge in [-0.05, 0) is 33.7 Å². The quantitative estimate of drug-likeness (QED) is 0.689. The normalized spacial score (nSPS) is 24.2. The predicted molar refractivity (Wildman–Crippen MR) is 73.3 cm³/mol. The molecule has 1 heterocycles. The molecule has 5 heteroatoms. The van der Waals surface area contributed by atoms with Gasteiger partial charge in [-0.3, -0.25) is 14.9 Å². The zero-order chi connectivity index (χ0) is 14.1. The van der Waals surface area contributed by atoms with Crippen LogP contribution >= 0.6 is 0 Å². The zero-order valence-corrected chi connectivity index (χ0v) is 12.2. The van der Waals surface area contributed by atoms with E-state index < -0.39 is 0 Å². The van der Waals surface area contributed by atoms with Crippen LogP contribution in [-0.4, -0.2) is 48.9 Å². The molecule has 2 N–H and O–H groups in total. The van der Waals surface area contributed by atoms with E-state index in [1.165, 1.54) is 6.92 Å². The highest BCUT2D eigenvalue weighted by atomic mass is 16.2. The molecule has 0 aliphatic carbocycles. The number of nitrogens with zero attached hydrogens (tertiary/aromatic N) is 1. The number of amides is 1. The first-order valence-electron chi connectivity index (χ1n) is 6.74. The third-order valence-electron chi connectivity index (χ3n) is 3.22. The van der Waals surface area contributed by atoms with Crippen LogP contribution in [0.15, 0.2) is 0 Å². The van der Waals surface area contributed by atoms with Crippen LogP contribution in [0.2, 0.25) is 0 Å². The van der Waals surface area contributed by atoms with Gasteiger partial charge in [0.15, 0.2) is 5.78 Å². The lowest BCUT2D eigenvalue weighted by Crippen LogP contribution is -2.41. The molecule has 0 aromatic carbocycles. The molecule has 3 unspecified atom stereocenters. The number of Topliss-reactive ketones (excluding diaryl/α,β-unsaturated/α-hetero) is 1. The van der Waals surface area contributed by atoms with Crippen molar-refractivity contribution in [1.29, 1.82) is 0 Å². The second-order valence-corrected chi connectivity index (χ2v) is 4.37. The maximum atomic E-state index is 11.3. The monoisotopic (exact) mass is 257 g/mol. The standard InChI is InChI=1S/C11H21N3O2.C2H6/c1-8(12-3)4-5-11-13-6-10(9(2)16)14(11)7-15;1-2/h7-8,10-13H,4-6H2,1-3H3;1-2H3. The van der Waals surface area contributed by atoms with Gasteiger partial charge in [0.2, 0.25) is 6.41 Å². The highest BCUT2D eigenvalue weighted by Gasteiger charge is 2.34. The Morgan fingerprint density at radius 1 is 1.56 bits per heavy atom. The molecule has 1 amide bonds. The van der Waals surface area contributed by atoms with Crippen molar-refractivity contribution in [3.63, 3.8) is 0 Å². The van der Waals surface area contributed by atoms with Gasteiger partial charge >= 0.3 is 0 Å². The van der Waals surface area contributed by atoms with Gasteiger partial charge in [0.1, 0.15) is 6.04 Å². The number of nitrogens with one attached hydrogen (secondary N) is 2. The smallest absolute Gasteiger partial charge is 0.211 e. The summed E-state index contributed by atoms with van der Waals surface area (Å²) in [6.45, 7) is 8.21. The molecule has 5 nitrogen and oxygen atoms in total. The molecule has 1 fully saturated rings. The minimum Gasteiger partial charge on any atom is -0.318 e. The SMILES string of the molecule is CC.CNC(C)CCC1NCC(C(C)=O)N1C=O. The largest absolute Gasteiger partial charge is 0.318 e. The molecule has 1 aliphatic heterocycles. The van der Waals surface area contributed by atoms with Crippen LogP contribution in [0.3, 0.4) is 0 Å². The average molecular weight is 257 g/mol. The van der Waals surface area contributed by atoms with Crippen molar-refractivity contribution in [1.82, 2.24) is 15.5 Å². The van der Waals surface area contributed by atoms with Crippen LogP contribution in [0.25, 0.3) is 0 Å². The second-order valence-electron chi connectivity index (χ2n) is 4.37. The minimum atomic E-state index is -0.285. The Morgan fingerprint density at radius 2 is 2.17 bits per heavy atom. The van der Waals surface area contributed by atoms with E-state index in [4.69, 9.17) is 0 Å². The number of hydrogen-bond acceptors (Lipinski definition) is 4. The molecular formula is C13H27N3O2. The van der Waals surface area contributed by atoms with Gasteiger partial charge < -0.3 is 10.2 Å². The van der Waals surface area contributed by atoms with E-state index >= 15 is 0 Å². The lowest BCUT2D eigenvalue weighted by molar-refractivity contribution is -0.129. The average Bonchev–Trinajstić information content (AvgIpc) is 2.81. The fourth-order valence-corrected chi connectivity index (χ4v) is 1.98. The van der Waals surface area contributed by atoms with E-state index in [9.17, 15) is 9.59 Å². The molecule has 0 spiro atoms. The van der Waals surface area contributed by atoms with Crippen LogP contribution in [0.4, 0.5) is 0 Å². The summed E-state index contributed by atoms with van der Waals surface area (Å²) in [5.41, 5.74) is 0. The molecule has 0 bridgehead atoms. The first-order valence-corrected chi connectivity index (χ1v) is 6.74. The summed E-state index contributed by atoms with van der Waals surface area (Å²) in [6.07, 6.45) is 2.62. The van der Waals surface area contributed by atoms with E-state index in [0.29, 0.717) is 12.6 Å². The van der Waals surface area contributed by atoms with Crippen LogP contribution in [0, 0.1) is 0 Å². The van der Waals surface area contributed by atoms with Crippen molar-refractivity contribution >= 4 is 12.2 Å². The summed E-state index contributed by atoms with van der Waals surface area (Å²) in [7, 11) is 1.92. The Hall–Kier alpha value is -0.940. The maximum absolute atomic E-state index is 11.3. The Balaban J connectivity index is 0.00000137. The molecule has 3 atom stereocenters. The predicted octanol–water partition coefficient (Wildman–Crippen LogP) is 0.746. The topological polar surface area (TPSA) is 61.4 Å². The first-order chi connectivity index (χ1) is 8.60. The molecule has 1 rings (SSSR count). The number of ketones is 1. The Labute approximate surface area is 110 Å². The molecule has 1 saturated heterocycles. The van der Waals surface area contributed by atoms with Gasteiger partial charge in [0.25, 0.3) is 0 Å². The molecule has 106 valence electrons. The van der Waals surface area contributed by atoms with E-state index in [1.807, 2.05) is 20.9 Å². The summed E-state index contributed by atoms with van der Waals surface area (Å²) in [4.78, 5) is 23.9. The lowest BCUT2D eigenvalue weighted by Gasteiger charge is -2.24. The highest BCUT2D eigenvalue weighted by molar-refractivity contribution is 5.84. The van der Waals surface area contributed by atoms with Crippen LogP contribution < -0.4 is 10.6 Å².